The molecule has 3 nitrogen and oxygen atoms in total. The summed E-state index contributed by atoms with van der Waals surface area (Å²) in [5, 5.41) is 2.78. The molecule has 0 atom stereocenters. The largest absolute Gasteiger partial charge is 0.326 e. The molecule has 100 valence electrons. The highest BCUT2D eigenvalue weighted by Crippen LogP contribution is 2.25. The summed E-state index contributed by atoms with van der Waals surface area (Å²) in [5.41, 5.74) is 4.14. The van der Waals surface area contributed by atoms with Crippen molar-refractivity contribution in [3.8, 4) is 0 Å². The van der Waals surface area contributed by atoms with Crippen molar-refractivity contribution in [1.82, 2.24) is 0 Å². The Labute approximate surface area is 117 Å². The highest BCUT2D eigenvalue weighted by Gasteiger charge is 2.20. The molecule has 1 N–H and O–H groups in total. The van der Waals surface area contributed by atoms with E-state index in [1.807, 2.05) is 43.3 Å². The number of carbonyl (C=O) groups is 2. The quantitative estimate of drug-likeness (QED) is 0.867. The van der Waals surface area contributed by atoms with Crippen molar-refractivity contribution in [1.29, 1.82) is 0 Å². The number of hydrogen-bond donors (Lipinski definition) is 1. The first-order valence-corrected chi connectivity index (χ1v) is 6.74. The van der Waals surface area contributed by atoms with Gasteiger partial charge < -0.3 is 5.32 Å². The smallest absolute Gasteiger partial charge is 0.228 e. The van der Waals surface area contributed by atoms with E-state index in [1.165, 1.54) is 0 Å². The summed E-state index contributed by atoms with van der Waals surface area (Å²) in [7, 11) is 0. The van der Waals surface area contributed by atoms with Crippen LogP contribution in [0.1, 0.15) is 34.0 Å². The highest BCUT2D eigenvalue weighted by molar-refractivity contribution is 6.11. The zero-order valence-electron chi connectivity index (χ0n) is 11.3. The van der Waals surface area contributed by atoms with Crippen molar-refractivity contribution in [3.63, 3.8) is 0 Å². The van der Waals surface area contributed by atoms with Gasteiger partial charge in [0.1, 0.15) is 0 Å². The fourth-order valence-corrected chi connectivity index (χ4v) is 2.58. The number of anilines is 1. The topological polar surface area (TPSA) is 46.2 Å². The van der Waals surface area contributed by atoms with Crippen LogP contribution < -0.4 is 5.32 Å². The molecule has 20 heavy (non-hydrogen) atoms. The molecule has 2 aromatic carbocycles. The number of aryl methyl sites for hydroxylation is 1. The van der Waals surface area contributed by atoms with Gasteiger partial charge >= 0.3 is 0 Å². The van der Waals surface area contributed by atoms with E-state index in [9.17, 15) is 9.59 Å². The van der Waals surface area contributed by atoms with Crippen molar-refractivity contribution in [3.05, 3.63) is 64.7 Å². The van der Waals surface area contributed by atoms with E-state index < -0.39 is 0 Å². The fourth-order valence-electron chi connectivity index (χ4n) is 2.58. The lowest BCUT2D eigenvalue weighted by Gasteiger charge is -2.08. The van der Waals surface area contributed by atoms with Gasteiger partial charge in [0, 0.05) is 16.8 Å². The van der Waals surface area contributed by atoms with E-state index in [2.05, 4.69) is 5.32 Å². The molecular formula is C17H15NO2. The van der Waals surface area contributed by atoms with Crippen LogP contribution in [0.25, 0.3) is 0 Å². The number of amides is 1. The average Bonchev–Trinajstić information content (AvgIpc) is 2.85. The second-order valence-electron chi connectivity index (χ2n) is 4.94. The zero-order chi connectivity index (χ0) is 14.1. The molecule has 1 heterocycles. The van der Waals surface area contributed by atoms with Crippen LogP contribution in [0.5, 0.6) is 0 Å². The number of ketones is 1. The first-order chi connectivity index (χ1) is 9.69. The van der Waals surface area contributed by atoms with Crippen LogP contribution in [-0.4, -0.2) is 11.7 Å². The van der Waals surface area contributed by atoms with Crippen LogP contribution in [0.3, 0.4) is 0 Å². The van der Waals surface area contributed by atoms with Crippen LogP contribution >= 0.6 is 0 Å². The Morgan fingerprint density at radius 2 is 2.00 bits per heavy atom. The first-order valence-electron chi connectivity index (χ1n) is 6.74. The minimum Gasteiger partial charge on any atom is -0.326 e. The first kappa shape index (κ1) is 12.6. The number of rotatable bonds is 3. The van der Waals surface area contributed by atoms with Crippen LogP contribution in [-0.2, 0) is 17.6 Å². The molecule has 0 saturated carbocycles. The molecule has 0 fully saturated rings. The Morgan fingerprint density at radius 1 is 1.20 bits per heavy atom. The van der Waals surface area contributed by atoms with Crippen LogP contribution in [0.2, 0.25) is 0 Å². The van der Waals surface area contributed by atoms with Gasteiger partial charge in [-0.3, -0.25) is 9.59 Å². The Hall–Kier alpha value is -2.42. The summed E-state index contributed by atoms with van der Waals surface area (Å²) >= 11 is 0. The lowest BCUT2D eigenvalue weighted by molar-refractivity contribution is -0.115. The van der Waals surface area contributed by atoms with E-state index in [0.29, 0.717) is 12.0 Å². The maximum Gasteiger partial charge on any atom is 0.228 e. The Balaban J connectivity index is 1.99. The molecule has 1 aliphatic heterocycles. The Morgan fingerprint density at radius 3 is 2.80 bits per heavy atom. The Kier molecular flexibility index (Phi) is 3.11. The number of carbonyl (C=O) groups excluding carboxylic acids is 2. The van der Waals surface area contributed by atoms with Gasteiger partial charge in [0.05, 0.1) is 6.42 Å². The predicted octanol–water partition coefficient (Wildman–Crippen LogP) is 2.97. The van der Waals surface area contributed by atoms with Gasteiger partial charge in [-0.15, -0.1) is 0 Å². The van der Waals surface area contributed by atoms with Crippen molar-refractivity contribution >= 4 is 17.4 Å². The molecule has 0 aromatic heterocycles. The van der Waals surface area contributed by atoms with Gasteiger partial charge in [-0.05, 0) is 35.7 Å². The molecule has 3 heteroatoms. The number of nitrogens with one attached hydrogen (secondary N) is 1. The maximum absolute atomic E-state index is 12.6. The predicted molar refractivity (Wildman–Crippen MR) is 78.0 cm³/mol. The highest BCUT2D eigenvalue weighted by atomic mass is 16.1. The van der Waals surface area contributed by atoms with E-state index in [-0.39, 0.29) is 11.7 Å². The lowest BCUT2D eigenvalue weighted by atomic mass is 9.95. The normalized spacial score (nSPS) is 12.9. The van der Waals surface area contributed by atoms with Crippen LogP contribution in [0.4, 0.5) is 5.69 Å². The van der Waals surface area contributed by atoms with E-state index in [0.717, 1.165) is 28.8 Å². The molecule has 0 aliphatic carbocycles. The second kappa shape index (κ2) is 4.93. The van der Waals surface area contributed by atoms with E-state index in [1.54, 1.807) is 6.07 Å². The van der Waals surface area contributed by atoms with Crippen molar-refractivity contribution in [2.45, 2.75) is 19.8 Å². The number of benzene rings is 2. The van der Waals surface area contributed by atoms with Gasteiger partial charge in [-0.1, -0.05) is 31.2 Å². The SMILES string of the molecule is CCc1ccccc1C(=O)c1ccc2c(c1)CC(=O)N2. The van der Waals surface area contributed by atoms with Crippen molar-refractivity contribution < 1.29 is 9.59 Å². The van der Waals surface area contributed by atoms with Crippen molar-refractivity contribution in [2.75, 3.05) is 5.32 Å². The minimum atomic E-state index is -0.0152. The van der Waals surface area contributed by atoms with Crippen molar-refractivity contribution in [2.24, 2.45) is 0 Å². The molecule has 3 rings (SSSR count). The summed E-state index contributed by atoms with van der Waals surface area (Å²) in [6, 6.07) is 13.1. The standard InChI is InChI=1S/C17H15NO2/c1-2-11-5-3-4-6-14(11)17(20)12-7-8-15-13(9-12)10-16(19)18-15/h3-9H,2,10H2,1H3,(H,18,19). The molecule has 2 aromatic rings. The summed E-state index contributed by atoms with van der Waals surface area (Å²) in [4.78, 5) is 24.0. The summed E-state index contributed by atoms with van der Waals surface area (Å²) in [5.74, 6) is 0.00292. The van der Waals surface area contributed by atoms with Gasteiger partial charge in [0.2, 0.25) is 5.91 Å². The third kappa shape index (κ3) is 2.11. The van der Waals surface area contributed by atoms with Gasteiger partial charge in [-0.2, -0.15) is 0 Å². The molecule has 1 aliphatic rings. The monoisotopic (exact) mass is 265 g/mol. The third-order valence-corrected chi connectivity index (χ3v) is 3.64. The zero-order valence-corrected chi connectivity index (χ0v) is 11.3. The minimum absolute atomic E-state index is 0.0152. The van der Waals surface area contributed by atoms with Crippen LogP contribution in [0.15, 0.2) is 42.5 Å². The maximum atomic E-state index is 12.6. The molecule has 0 saturated heterocycles. The van der Waals surface area contributed by atoms with Crippen LogP contribution in [0, 0.1) is 0 Å². The summed E-state index contributed by atoms with van der Waals surface area (Å²) < 4.78 is 0. The molecule has 0 unspecified atom stereocenters. The van der Waals surface area contributed by atoms with E-state index >= 15 is 0 Å². The average molecular weight is 265 g/mol. The van der Waals surface area contributed by atoms with Gasteiger partial charge in [-0.25, -0.2) is 0 Å². The summed E-state index contributed by atoms with van der Waals surface area (Å²) in [6.45, 7) is 2.04. The lowest BCUT2D eigenvalue weighted by Crippen LogP contribution is -2.05. The molecule has 0 spiro atoms. The Bertz CT molecular complexity index is 704. The van der Waals surface area contributed by atoms with Gasteiger partial charge in [0.15, 0.2) is 5.78 Å². The fraction of sp³-hybridized carbons (Fsp3) is 0.176. The number of hydrogen-bond acceptors (Lipinski definition) is 2. The second-order valence-corrected chi connectivity index (χ2v) is 4.94. The molecule has 0 radical (unpaired) electrons. The molecule has 0 bridgehead atoms. The summed E-state index contributed by atoms with van der Waals surface area (Å²) in [6.07, 6.45) is 1.18. The molecule has 1 amide bonds. The van der Waals surface area contributed by atoms with E-state index in [4.69, 9.17) is 0 Å². The number of fused-ring (bicyclic) bond motifs is 1. The third-order valence-electron chi connectivity index (χ3n) is 3.64. The van der Waals surface area contributed by atoms with Gasteiger partial charge in [0.25, 0.3) is 0 Å². The molecular weight excluding hydrogens is 250 g/mol.